The smallest absolute Gasteiger partial charge is 0.337 e. The van der Waals surface area contributed by atoms with E-state index in [1.54, 1.807) is 31.4 Å². The average molecular weight is 425 g/mol. The molecule has 3 rings (SSSR count). The summed E-state index contributed by atoms with van der Waals surface area (Å²) in [5.41, 5.74) is 1.08. The third-order valence-corrected chi connectivity index (χ3v) is 4.19. The largest absolute Gasteiger partial charge is 0.497 e. The van der Waals surface area contributed by atoms with Crippen molar-refractivity contribution in [3.05, 3.63) is 59.5 Å². The molecule has 0 bridgehead atoms. The van der Waals surface area contributed by atoms with Gasteiger partial charge in [-0.05, 0) is 42.5 Å². The van der Waals surface area contributed by atoms with Crippen LogP contribution in [0.25, 0.3) is 11.4 Å². The second kappa shape index (κ2) is 9.53. The molecule has 0 unspecified atom stereocenters. The van der Waals surface area contributed by atoms with E-state index in [-0.39, 0.29) is 29.1 Å². The van der Waals surface area contributed by atoms with E-state index in [4.69, 9.17) is 9.26 Å². The van der Waals surface area contributed by atoms with E-state index in [1.807, 2.05) is 0 Å². The quantitative estimate of drug-likeness (QED) is 0.567. The van der Waals surface area contributed by atoms with Crippen molar-refractivity contribution in [1.29, 1.82) is 0 Å². The fourth-order valence-electron chi connectivity index (χ4n) is 2.70. The number of carbonyl (C=O) groups is 3. The van der Waals surface area contributed by atoms with Gasteiger partial charge in [0.15, 0.2) is 0 Å². The van der Waals surface area contributed by atoms with Crippen molar-refractivity contribution in [1.82, 2.24) is 10.1 Å². The Morgan fingerprint density at radius 2 is 1.55 bits per heavy atom. The molecule has 0 fully saturated rings. The molecule has 1 heterocycles. The van der Waals surface area contributed by atoms with Crippen molar-refractivity contribution in [2.24, 2.45) is 0 Å². The van der Waals surface area contributed by atoms with E-state index >= 15 is 0 Å². The van der Waals surface area contributed by atoms with E-state index in [0.717, 1.165) is 0 Å². The van der Waals surface area contributed by atoms with Crippen LogP contribution in [0.3, 0.4) is 0 Å². The second-order valence-corrected chi connectivity index (χ2v) is 6.25. The Kier molecular flexibility index (Phi) is 6.61. The molecule has 0 radical (unpaired) electrons. The summed E-state index contributed by atoms with van der Waals surface area (Å²) in [6.07, 6.45) is -0.209. The lowest BCUT2D eigenvalue weighted by atomic mass is 10.1. The Labute approximate surface area is 177 Å². The molecule has 0 aliphatic carbocycles. The average Bonchev–Trinajstić information content (AvgIpc) is 3.25. The van der Waals surface area contributed by atoms with Gasteiger partial charge in [0.1, 0.15) is 12.2 Å². The Bertz CT molecular complexity index is 1070. The number of nitrogens with one attached hydrogen (secondary N) is 1. The summed E-state index contributed by atoms with van der Waals surface area (Å²) in [5, 5.41) is 6.46. The first-order valence-electron chi connectivity index (χ1n) is 9.02. The molecule has 0 atom stereocenters. The summed E-state index contributed by atoms with van der Waals surface area (Å²) < 4.78 is 19.6. The number of methoxy groups -OCH3 is 3. The monoisotopic (exact) mass is 425 g/mol. The van der Waals surface area contributed by atoms with E-state index in [0.29, 0.717) is 17.1 Å². The summed E-state index contributed by atoms with van der Waals surface area (Å²) >= 11 is 0. The van der Waals surface area contributed by atoms with E-state index in [1.165, 1.54) is 32.4 Å². The fraction of sp³-hybridized carbons (Fsp3) is 0.190. The predicted molar refractivity (Wildman–Crippen MR) is 108 cm³/mol. The zero-order valence-corrected chi connectivity index (χ0v) is 17.0. The maximum absolute atomic E-state index is 12.4. The molecule has 0 saturated heterocycles. The van der Waals surface area contributed by atoms with Gasteiger partial charge >= 0.3 is 11.9 Å². The van der Waals surface area contributed by atoms with Crippen LogP contribution in [-0.4, -0.2) is 49.3 Å². The number of anilines is 1. The number of carbonyl (C=O) groups excluding carboxylic acids is 3. The van der Waals surface area contributed by atoms with Crippen molar-refractivity contribution >= 4 is 23.5 Å². The van der Waals surface area contributed by atoms with Gasteiger partial charge in [0.05, 0.1) is 32.5 Å². The maximum atomic E-state index is 12.4. The molecule has 0 aliphatic heterocycles. The van der Waals surface area contributed by atoms with Gasteiger partial charge < -0.3 is 24.1 Å². The van der Waals surface area contributed by atoms with Gasteiger partial charge in [-0.1, -0.05) is 5.16 Å². The first kappa shape index (κ1) is 21.5. The molecule has 3 aromatic rings. The topological polar surface area (TPSA) is 130 Å². The summed E-state index contributed by atoms with van der Waals surface area (Å²) in [7, 11) is 3.98. The molecule has 0 spiro atoms. The summed E-state index contributed by atoms with van der Waals surface area (Å²) in [6, 6.07) is 11.1. The predicted octanol–water partition coefficient (Wildman–Crippen LogP) is 2.50. The SMILES string of the molecule is COC(=O)c1cc(NC(=O)Cc2nc(-c3ccc(OC)cc3)no2)cc(C(=O)OC)c1. The zero-order valence-electron chi connectivity index (χ0n) is 17.0. The number of aromatic nitrogens is 2. The van der Waals surface area contributed by atoms with Gasteiger partial charge in [-0.25, -0.2) is 9.59 Å². The zero-order chi connectivity index (χ0) is 22.4. The molecule has 0 aliphatic rings. The Balaban J connectivity index is 1.74. The Morgan fingerprint density at radius 1 is 0.935 bits per heavy atom. The highest BCUT2D eigenvalue weighted by Crippen LogP contribution is 2.20. The first-order valence-corrected chi connectivity index (χ1v) is 9.02. The number of nitrogens with zero attached hydrogens (tertiary/aromatic N) is 2. The van der Waals surface area contributed by atoms with Crippen LogP contribution in [0.15, 0.2) is 47.0 Å². The lowest BCUT2D eigenvalue weighted by Crippen LogP contribution is -2.16. The van der Waals surface area contributed by atoms with Crippen molar-refractivity contribution in [3.8, 4) is 17.1 Å². The standard InChI is InChI=1S/C21H19N3O7/c1-28-16-6-4-12(5-7-16)19-23-18(31-24-19)11-17(25)22-15-9-13(20(26)29-2)8-14(10-15)21(27)30-3/h4-10H,11H2,1-3H3,(H,22,25). The highest BCUT2D eigenvalue weighted by atomic mass is 16.5. The highest BCUT2D eigenvalue weighted by Gasteiger charge is 2.17. The number of esters is 2. The molecule has 31 heavy (non-hydrogen) atoms. The van der Waals surface area contributed by atoms with Crippen LogP contribution < -0.4 is 10.1 Å². The first-order chi connectivity index (χ1) is 14.9. The van der Waals surface area contributed by atoms with Crippen molar-refractivity contribution in [3.63, 3.8) is 0 Å². The lowest BCUT2D eigenvalue weighted by Gasteiger charge is -2.09. The normalized spacial score (nSPS) is 10.3. The number of ether oxygens (including phenoxy) is 3. The molecule has 2 aromatic carbocycles. The van der Waals surface area contributed by atoms with E-state index in [2.05, 4.69) is 24.9 Å². The van der Waals surface area contributed by atoms with Crippen molar-refractivity contribution in [2.45, 2.75) is 6.42 Å². The maximum Gasteiger partial charge on any atom is 0.337 e. The molecule has 1 aromatic heterocycles. The highest BCUT2D eigenvalue weighted by molar-refractivity contribution is 5.99. The minimum absolute atomic E-state index is 0.0836. The van der Waals surface area contributed by atoms with Crippen LogP contribution in [0.1, 0.15) is 26.6 Å². The molecule has 10 nitrogen and oxygen atoms in total. The third kappa shape index (κ3) is 5.24. The van der Waals surface area contributed by atoms with Crippen LogP contribution in [-0.2, 0) is 20.7 Å². The van der Waals surface area contributed by atoms with Gasteiger partial charge in [0.25, 0.3) is 0 Å². The van der Waals surface area contributed by atoms with Gasteiger partial charge in [-0.3, -0.25) is 4.79 Å². The van der Waals surface area contributed by atoms with E-state index in [9.17, 15) is 14.4 Å². The van der Waals surface area contributed by atoms with E-state index < -0.39 is 17.8 Å². The van der Waals surface area contributed by atoms with Gasteiger partial charge in [0, 0.05) is 11.3 Å². The minimum Gasteiger partial charge on any atom is -0.497 e. The van der Waals surface area contributed by atoms with Crippen LogP contribution >= 0.6 is 0 Å². The lowest BCUT2D eigenvalue weighted by molar-refractivity contribution is -0.115. The molecule has 160 valence electrons. The molecule has 1 amide bonds. The molecular formula is C21H19N3O7. The van der Waals surface area contributed by atoms with Crippen molar-refractivity contribution < 1.29 is 33.1 Å². The fourth-order valence-corrected chi connectivity index (χ4v) is 2.70. The summed E-state index contributed by atoms with van der Waals surface area (Å²) in [4.78, 5) is 40.3. The van der Waals surface area contributed by atoms with Crippen LogP contribution in [0.2, 0.25) is 0 Å². The van der Waals surface area contributed by atoms with Gasteiger partial charge in [-0.15, -0.1) is 0 Å². The molecule has 1 N–H and O–H groups in total. The third-order valence-electron chi connectivity index (χ3n) is 4.19. The Morgan fingerprint density at radius 3 is 2.10 bits per heavy atom. The minimum atomic E-state index is -0.665. The van der Waals surface area contributed by atoms with Crippen LogP contribution in [0, 0.1) is 0 Å². The van der Waals surface area contributed by atoms with Gasteiger partial charge in [0.2, 0.25) is 17.6 Å². The van der Waals surface area contributed by atoms with Crippen LogP contribution in [0.5, 0.6) is 5.75 Å². The molecule has 10 heteroatoms. The summed E-state index contributed by atoms with van der Waals surface area (Å²) in [6.45, 7) is 0. The Hall–Kier alpha value is -4.21. The number of hydrogen-bond donors (Lipinski definition) is 1. The summed E-state index contributed by atoms with van der Waals surface area (Å²) in [5.74, 6) is -0.702. The number of amides is 1. The number of hydrogen-bond acceptors (Lipinski definition) is 9. The molecular weight excluding hydrogens is 406 g/mol. The second-order valence-electron chi connectivity index (χ2n) is 6.25. The van der Waals surface area contributed by atoms with Crippen LogP contribution in [0.4, 0.5) is 5.69 Å². The number of rotatable bonds is 7. The number of benzene rings is 2. The van der Waals surface area contributed by atoms with Crippen molar-refractivity contribution in [2.75, 3.05) is 26.6 Å². The van der Waals surface area contributed by atoms with Gasteiger partial charge in [-0.2, -0.15) is 4.98 Å². The molecule has 0 saturated carbocycles.